The van der Waals surface area contributed by atoms with E-state index in [9.17, 15) is 14.9 Å². The lowest BCUT2D eigenvalue weighted by atomic mass is 9.85. The van der Waals surface area contributed by atoms with E-state index in [2.05, 4.69) is 35.1 Å². The van der Waals surface area contributed by atoms with Gasteiger partial charge in [-0.05, 0) is 81.4 Å². The Kier molecular flexibility index (Phi) is 8.66. The molecule has 3 aromatic carbocycles. The summed E-state index contributed by atoms with van der Waals surface area (Å²) in [6, 6.07) is 20.1. The molecule has 1 N–H and O–H groups in total. The third-order valence-corrected chi connectivity index (χ3v) is 7.16. The van der Waals surface area contributed by atoms with Crippen molar-refractivity contribution in [1.82, 2.24) is 14.5 Å². The number of aromatic nitrogens is 2. The summed E-state index contributed by atoms with van der Waals surface area (Å²) in [6.07, 6.45) is 1.50. The highest BCUT2D eigenvalue weighted by molar-refractivity contribution is 6.04. The smallest absolute Gasteiger partial charge is 0.265 e. The van der Waals surface area contributed by atoms with Gasteiger partial charge in [-0.3, -0.25) is 14.2 Å². The van der Waals surface area contributed by atoms with Crippen LogP contribution in [0.4, 0.5) is 5.69 Å². The molecule has 0 atom stereocenters. The number of hydrogen-bond donors (Lipinski definition) is 1. The molecule has 8 heteroatoms. The Labute approximate surface area is 234 Å². The Morgan fingerprint density at radius 2 is 1.85 bits per heavy atom. The van der Waals surface area contributed by atoms with E-state index in [1.807, 2.05) is 39.0 Å². The molecule has 4 rings (SSSR count). The van der Waals surface area contributed by atoms with Gasteiger partial charge >= 0.3 is 0 Å². The minimum atomic E-state index is -0.714. The average Bonchev–Trinajstić information content (AvgIpc) is 2.97. The Morgan fingerprint density at radius 3 is 2.58 bits per heavy atom. The number of aryl methyl sites for hydroxylation is 1. The zero-order chi connectivity index (χ0) is 28.9. The molecule has 1 aromatic heterocycles. The molecule has 0 spiro atoms. The topological polar surface area (TPSA) is 100 Å². The molecular formula is C32H35N5O3. The molecule has 4 aromatic rings. The predicted octanol–water partition coefficient (Wildman–Crippen LogP) is 5.47. The summed E-state index contributed by atoms with van der Waals surface area (Å²) >= 11 is 0. The highest BCUT2D eigenvalue weighted by atomic mass is 16.5. The summed E-state index contributed by atoms with van der Waals surface area (Å²) in [5, 5.41) is 12.8. The molecule has 0 fully saturated rings. The van der Waals surface area contributed by atoms with Crippen LogP contribution < -0.4 is 15.6 Å². The van der Waals surface area contributed by atoms with Crippen LogP contribution in [-0.2, 0) is 5.41 Å². The fourth-order valence-electron chi connectivity index (χ4n) is 4.50. The van der Waals surface area contributed by atoms with Gasteiger partial charge in [-0.2, -0.15) is 5.26 Å². The van der Waals surface area contributed by atoms with E-state index >= 15 is 0 Å². The number of fused-ring (bicyclic) bond motifs is 1. The van der Waals surface area contributed by atoms with Crippen LogP contribution in [0.1, 0.15) is 49.2 Å². The van der Waals surface area contributed by atoms with Crippen LogP contribution in [-0.4, -0.2) is 46.6 Å². The Hall–Kier alpha value is -4.48. The maximum atomic E-state index is 13.6. The highest BCUT2D eigenvalue weighted by Crippen LogP contribution is 2.25. The van der Waals surface area contributed by atoms with Crippen LogP contribution in [0.2, 0.25) is 0 Å². The molecule has 40 heavy (non-hydrogen) atoms. The van der Waals surface area contributed by atoms with Gasteiger partial charge in [0, 0.05) is 17.8 Å². The summed E-state index contributed by atoms with van der Waals surface area (Å²) in [7, 11) is 0. The first kappa shape index (κ1) is 28.5. The van der Waals surface area contributed by atoms with Crippen molar-refractivity contribution in [3.8, 4) is 17.5 Å². The van der Waals surface area contributed by atoms with Crippen molar-refractivity contribution >= 4 is 22.5 Å². The Morgan fingerprint density at radius 1 is 1.10 bits per heavy atom. The average molecular weight is 538 g/mol. The van der Waals surface area contributed by atoms with Gasteiger partial charge in [-0.25, -0.2) is 4.98 Å². The van der Waals surface area contributed by atoms with Crippen LogP contribution in [0.5, 0.6) is 5.75 Å². The fourth-order valence-corrected chi connectivity index (χ4v) is 4.50. The summed E-state index contributed by atoms with van der Waals surface area (Å²) in [6.45, 7) is 12.9. The Balaban J connectivity index is 1.61. The van der Waals surface area contributed by atoms with Crippen LogP contribution in [0.15, 0.2) is 71.8 Å². The lowest BCUT2D eigenvalue weighted by molar-refractivity contribution is 0.102. The lowest BCUT2D eigenvalue weighted by Crippen LogP contribution is -2.28. The second-order valence-electron chi connectivity index (χ2n) is 10.2. The van der Waals surface area contributed by atoms with Crippen molar-refractivity contribution in [2.45, 2.75) is 40.0 Å². The molecule has 206 valence electrons. The lowest BCUT2D eigenvalue weighted by Gasteiger charge is -2.18. The number of likely N-dealkylation sites (N-methyl/N-ethyl adjacent to an activating group) is 1. The highest BCUT2D eigenvalue weighted by Gasteiger charge is 2.21. The molecule has 0 bridgehead atoms. The van der Waals surface area contributed by atoms with Crippen LogP contribution in [0.3, 0.4) is 0 Å². The monoisotopic (exact) mass is 537 g/mol. The van der Waals surface area contributed by atoms with Gasteiger partial charge in [0.05, 0.1) is 22.6 Å². The Bertz CT molecular complexity index is 1630. The van der Waals surface area contributed by atoms with Gasteiger partial charge in [-0.1, -0.05) is 38.1 Å². The molecule has 0 aliphatic heterocycles. The van der Waals surface area contributed by atoms with Crippen LogP contribution in [0.25, 0.3) is 16.6 Å². The third-order valence-electron chi connectivity index (χ3n) is 7.16. The first-order valence-electron chi connectivity index (χ1n) is 13.5. The largest absolute Gasteiger partial charge is 0.490 e. The standard InChI is InChI=1S/C32H35N5O3/c1-6-36(7-2)16-17-40-28-13-9-12-26-29(28)34-21-37(31(26)39)27-19-25(15-14-22(27)3)35-30(38)23-10-8-11-24(18-23)32(4,5)20-33/h8-15,18-19,21H,6-7,16-17H2,1-5H3,(H,35,38). The van der Waals surface area contributed by atoms with E-state index < -0.39 is 5.41 Å². The number of carbonyl (C=O) groups is 1. The molecule has 0 aliphatic rings. The zero-order valence-corrected chi connectivity index (χ0v) is 23.7. The van der Waals surface area contributed by atoms with E-state index in [-0.39, 0.29) is 11.5 Å². The number of anilines is 1. The molecule has 1 heterocycles. The minimum absolute atomic E-state index is 0.225. The first-order valence-corrected chi connectivity index (χ1v) is 13.5. The van der Waals surface area contributed by atoms with E-state index in [4.69, 9.17) is 4.74 Å². The number of nitrogens with zero attached hydrogens (tertiary/aromatic N) is 4. The number of benzene rings is 3. The SMILES string of the molecule is CCN(CC)CCOc1cccc2c(=O)n(-c3cc(NC(=O)c4cccc(C(C)(C)C#N)c4)ccc3C)cnc12. The number of hydrogen-bond acceptors (Lipinski definition) is 6. The normalized spacial score (nSPS) is 11.4. The van der Waals surface area contributed by atoms with Crippen molar-refractivity contribution < 1.29 is 9.53 Å². The molecule has 0 unspecified atom stereocenters. The summed E-state index contributed by atoms with van der Waals surface area (Å²) in [4.78, 5) is 33.5. The quantitative estimate of drug-likeness (QED) is 0.288. The van der Waals surface area contributed by atoms with Gasteiger partial charge < -0.3 is 15.0 Å². The number of nitrogens with one attached hydrogen (secondary N) is 1. The van der Waals surface area contributed by atoms with Gasteiger partial charge in [0.2, 0.25) is 0 Å². The molecule has 0 saturated heterocycles. The van der Waals surface area contributed by atoms with Crippen molar-refractivity contribution in [3.05, 3.63) is 94.0 Å². The van der Waals surface area contributed by atoms with E-state index in [0.29, 0.717) is 40.2 Å². The van der Waals surface area contributed by atoms with Crippen molar-refractivity contribution in [2.24, 2.45) is 0 Å². The predicted molar refractivity (Wildman–Crippen MR) is 158 cm³/mol. The number of amides is 1. The summed E-state index contributed by atoms with van der Waals surface area (Å²) in [5.74, 6) is 0.273. The second kappa shape index (κ2) is 12.1. The number of carbonyl (C=O) groups excluding carboxylic acids is 1. The molecule has 0 aliphatic carbocycles. The number of rotatable bonds is 10. The molecular weight excluding hydrogens is 502 g/mol. The third kappa shape index (κ3) is 6.05. The van der Waals surface area contributed by atoms with Crippen LogP contribution >= 0.6 is 0 Å². The molecule has 8 nitrogen and oxygen atoms in total. The fraction of sp³-hybridized carbons (Fsp3) is 0.312. The molecule has 1 amide bonds. The maximum Gasteiger partial charge on any atom is 0.265 e. The second-order valence-corrected chi connectivity index (χ2v) is 10.2. The number of nitriles is 1. The van der Waals surface area contributed by atoms with Crippen LogP contribution in [0, 0.1) is 18.3 Å². The van der Waals surface area contributed by atoms with Gasteiger partial charge in [-0.15, -0.1) is 0 Å². The van der Waals surface area contributed by atoms with Crippen molar-refractivity contribution in [1.29, 1.82) is 5.26 Å². The summed E-state index contributed by atoms with van der Waals surface area (Å²) < 4.78 is 7.49. The molecule has 0 saturated carbocycles. The van der Waals surface area contributed by atoms with Gasteiger partial charge in [0.15, 0.2) is 0 Å². The summed E-state index contributed by atoms with van der Waals surface area (Å²) in [5.41, 5.74) is 2.79. The maximum absolute atomic E-state index is 13.6. The van der Waals surface area contributed by atoms with Crippen molar-refractivity contribution in [3.63, 3.8) is 0 Å². The number of ether oxygens (including phenoxy) is 1. The zero-order valence-electron chi connectivity index (χ0n) is 23.7. The van der Waals surface area contributed by atoms with E-state index in [1.54, 1.807) is 42.5 Å². The minimum Gasteiger partial charge on any atom is -0.490 e. The van der Waals surface area contributed by atoms with Gasteiger partial charge in [0.25, 0.3) is 11.5 Å². The van der Waals surface area contributed by atoms with E-state index in [1.165, 1.54) is 10.9 Å². The van der Waals surface area contributed by atoms with Crippen molar-refractivity contribution in [2.75, 3.05) is 31.6 Å². The molecule has 0 radical (unpaired) electrons. The van der Waals surface area contributed by atoms with Gasteiger partial charge in [0.1, 0.15) is 24.2 Å². The van der Waals surface area contributed by atoms with E-state index in [0.717, 1.165) is 30.8 Å². The number of para-hydroxylation sites is 1. The first-order chi connectivity index (χ1) is 19.2.